The van der Waals surface area contributed by atoms with Crippen LogP contribution in [-0.2, 0) is 15.1 Å². The fourth-order valence-electron chi connectivity index (χ4n) is 3.04. The molecule has 1 fully saturated rings. The van der Waals surface area contributed by atoms with E-state index in [0.717, 1.165) is 16.8 Å². The summed E-state index contributed by atoms with van der Waals surface area (Å²) in [7, 11) is 5.64. The Morgan fingerprint density at radius 3 is 2.48 bits per heavy atom. The molecule has 0 spiro atoms. The first-order valence-electron chi connectivity index (χ1n) is 8.28. The van der Waals surface area contributed by atoms with E-state index in [1.807, 2.05) is 73.6 Å². The Hall–Kier alpha value is -2.66. The molecular formula is C20H23N3O2. The molecule has 1 amide bonds. The van der Waals surface area contributed by atoms with Crippen LogP contribution in [0, 0.1) is 5.92 Å². The summed E-state index contributed by atoms with van der Waals surface area (Å²) >= 11 is 0. The summed E-state index contributed by atoms with van der Waals surface area (Å²) in [6.07, 6.45) is 2.32. The molecule has 25 heavy (non-hydrogen) atoms. The number of carbonyl (C=O) groups is 1. The number of carbonyl (C=O) groups excluding carboxylic acids is 1. The van der Waals surface area contributed by atoms with Crippen molar-refractivity contribution in [3.8, 4) is 0 Å². The number of hydrogen-bond donors (Lipinski definition) is 1. The Kier molecular flexibility index (Phi) is 4.86. The predicted molar refractivity (Wildman–Crippen MR) is 99.7 cm³/mol. The highest BCUT2D eigenvalue weighted by atomic mass is 16.5. The molecule has 0 saturated heterocycles. The SMILES string of the molecule is CO[C@]1(c2ccccc2)C[C@@H]1C(=O)N/N=C\c1ccc(N(C)C)cc1. The summed E-state index contributed by atoms with van der Waals surface area (Å²) in [6, 6.07) is 17.8. The zero-order chi connectivity index (χ0) is 17.9. The van der Waals surface area contributed by atoms with Gasteiger partial charge in [-0.05, 0) is 29.7 Å². The number of hydrogen-bond acceptors (Lipinski definition) is 4. The maximum atomic E-state index is 12.4. The van der Waals surface area contributed by atoms with Gasteiger partial charge >= 0.3 is 0 Å². The lowest BCUT2D eigenvalue weighted by Gasteiger charge is -2.15. The minimum absolute atomic E-state index is 0.119. The van der Waals surface area contributed by atoms with E-state index in [4.69, 9.17) is 4.74 Å². The van der Waals surface area contributed by atoms with E-state index in [9.17, 15) is 4.79 Å². The average Bonchev–Trinajstić information content (AvgIpc) is 3.39. The number of rotatable bonds is 6. The van der Waals surface area contributed by atoms with Crippen LogP contribution in [0.25, 0.3) is 0 Å². The van der Waals surface area contributed by atoms with Crippen LogP contribution in [0.2, 0.25) is 0 Å². The van der Waals surface area contributed by atoms with E-state index in [-0.39, 0.29) is 11.8 Å². The topological polar surface area (TPSA) is 53.9 Å². The summed E-state index contributed by atoms with van der Waals surface area (Å²) in [5, 5.41) is 4.08. The number of nitrogens with zero attached hydrogens (tertiary/aromatic N) is 2. The normalized spacial score (nSPS) is 22.0. The molecule has 1 aliphatic rings. The monoisotopic (exact) mass is 337 g/mol. The number of benzene rings is 2. The largest absolute Gasteiger partial charge is 0.378 e. The van der Waals surface area contributed by atoms with Crippen LogP contribution in [0.1, 0.15) is 17.5 Å². The van der Waals surface area contributed by atoms with Crippen LogP contribution in [-0.4, -0.2) is 33.3 Å². The molecule has 1 aliphatic carbocycles. The van der Waals surface area contributed by atoms with Crippen molar-refractivity contribution in [2.24, 2.45) is 11.0 Å². The van der Waals surface area contributed by atoms with Crippen molar-refractivity contribution in [3.05, 3.63) is 65.7 Å². The average molecular weight is 337 g/mol. The Balaban J connectivity index is 1.60. The van der Waals surface area contributed by atoms with E-state index in [0.29, 0.717) is 6.42 Å². The molecule has 0 unspecified atom stereocenters. The highest BCUT2D eigenvalue weighted by Crippen LogP contribution is 2.54. The van der Waals surface area contributed by atoms with Crippen molar-refractivity contribution in [2.75, 3.05) is 26.1 Å². The molecule has 1 saturated carbocycles. The zero-order valence-electron chi connectivity index (χ0n) is 14.8. The third kappa shape index (κ3) is 3.56. The lowest BCUT2D eigenvalue weighted by Crippen LogP contribution is -2.25. The maximum Gasteiger partial charge on any atom is 0.246 e. The summed E-state index contributed by atoms with van der Waals surface area (Å²) in [5.41, 5.74) is 5.19. The minimum Gasteiger partial charge on any atom is -0.378 e. The summed E-state index contributed by atoms with van der Waals surface area (Å²) < 4.78 is 5.65. The van der Waals surface area contributed by atoms with Gasteiger partial charge in [-0.3, -0.25) is 4.79 Å². The molecule has 2 aromatic carbocycles. The van der Waals surface area contributed by atoms with Gasteiger partial charge in [0.25, 0.3) is 0 Å². The van der Waals surface area contributed by atoms with Gasteiger partial charge in [-0.1, -0.05) is 42.5 Å². The zero-order valence-corrected chi connectivity index (χ0v) is 14.8. The number of ether oxygens (including phenoxy) is 1. The Morgan fingerprint density at radius 2 is 1.88 bits per heavy atom. The Morgan fingerprint density at radius 1 is 1.20 bits per heavy atom. The second-order valence-electron chi connectivity index (χ2n) is 6.44. The Labute approximate surface area is 148 Å². The molecule has 2 atom stereocenters. The fraction of sp³-hybridized carbons (Fsp3) is 0.300. The number of nitrogens with one attached hydrogen (secondary N) is 1. The standard InChI is InChI=1S/C20H23N3O2/c1-23(2)17-11-9-15(10-12-17)14-21-22-19(24)18-13-20(18,25-3)16-7-5-4-6-8-16/h4-12,14,18H,13H2,1-3H3,(H,22,24)/b21-14-/t18-,20+/m1/s1. The van der Waals surface area contributed by atoms with Gasteiger partial charge in [0.15, 0.2) is 0 Å². The first-order valence-corrected chi connectivity index (χ1v) is 8.28. The van der Waals surface area contributed by atoms with Gasteiger partial charge in [0.05, 0.1) is 12.1 Å². The van der Waals surface area contributed by atoms with E-state index in [1.165, 1.54) is 0 Å². The molecule has 1 N–H and O–H groups in total. The highest BCUT2D eigenvalue weighted by Gasteiger charge is 2.60. The van der Waals surface area contributed by atoms with Gasteiger partial charge in [0.2, 0.25) is 5.91 Å². The van der Waals surface area contributed by atoms with E-state index in [1.54, 1.807) is 13.3 Å². The van der Waals surface area contributed by atoms with Gasteiger partial charge in [-0.25, -0.2) is 5.43 Å². The van der Waals surface area contributed by atoms with E-state index >= 15 is 0 Å². The van der Waals surface area contributed by atoms with E-state index in [2.05, 4.69) is 10.5 Å². The van der Waals surface area contributed by atoms with Gasteiger partial charge in [0, 0.05) is 26.9 Å². The molecule has 0 aromatic heterocycles. The number of amides is 1. The highest BCUT2D eigenvalue weighted by molar-refractivity contribution is 5.86. The molecule has 5 nitrogen and oxygen atoms in total. The van der Waals surface area contributed by atoms with Crippen LogP contribution in [0.5, 0.6) is 0 Å². The molecule has 0 bridgehead atoms. The fourth-order valence-corrected chi connectivity index (χ4v) is 3.04. The van der Waals surface area contributed by atoms with Crippen LogP contribution in [0.15, 0.2) is 59.7 Å². The van der Waals surface area contributed by atoms with E-state index < -0.39 is 5.60 Å². The van der Waals surface area contributed by atoms with Crippen molar-refractivity contribution in [2.45, 2.75) is 12.0 Å². The molecule has 5 heteroatoms. The number of methoxy groups -OCH3 is 1. The van der Waals surface area contributed by atoms with Crippen molar-refractivity contribution >= 4 is 17.8 Å². The van der Waals surface area contributed by atoms with Gasteiger partial charge in [-0.2, -0.15) is 5.10 Å². The smallest absolute Gasteiger partial charge is 0.246 e. The van der Waals surface area contributed by atoms with Crippen LogP contribution < -0.4 is 10.3 Å². The van der Waals surface area contributed by atoms with Crippen LogP contribution >= 0.6 is 0 Å². The van der Waals surface area contributed by atoms with Gasteiger partial charge in [-0.15, -0.1) is 0 Å². The predicted octanol–water partition coefficient (Wildman–Crippen LogP) is 2.76. The molecule has 0 heterocycles. The first-order chi connectivity index (χ1) is 12.1. The summed E-state index contributed by atoms with van der Waals surface area (Å²) in [5.74, 6) is -0.333. The van der Waals surface area contributed by atoms with Crippen molar-refractivity contribution in [1.82, 2.24) is 5.43 Å². The van der Waals surface area contributed by atoms with Gasteiger partial charge < -0.3 is 9.64 Å². The van der Waals surface area contributed by atoms with Crippen LogP contribution in [0.4, 0.5) is 5.69 Å². The Bertz CT molecular complexity index is 756. The lowest BCUT2D eigenvalue weighted by atomic mass is 10.1. The molecule has 0 radical (unpaired) electrons. The van der Waals surface area contributed by atoms with Crippen LogP contribution in [0.3, 0.4) is 0 Å². The number of hydrazone groups is 1. The van der Waals surface area contributed by atoms with Crippen molar-refractivity contribution in [3.63, 3.8) is 0 Å². The second-order valence-corrected chi connectivity index (χ2v) is 6.44. The third-order valence-electron chi connectivity index (χ3n) is 4.65. The molecule has 130 valence electrons. The van der Waals surface area contributed by atoms with Gasteiger partial charge in [0.1, 0.15) is 5.60 Å². The maximum absolute atomic E-state index is 12.4. The lowest BCUT2D eigenvalue weighted by molar-refractivity contribution is -0.124. The summed E-state index contributed by atoms with van der Waals surface area (Å²) in [4.78, 5) is 14.4. The quantitative estimate of drug-likeness (QED) is 0.651. The van der Waals surface area contributed by atoms with Crippen molar-refractivity contribution < 1.29 is 9.53 Å². The summed E-state index contributed by atoms with van der Waals surface area (Å²) in [6.45, 7) is 0. The minimum atomic E-state index is -0.520. The third-order valence-corrected chi connectivity index (χ3v) is 4.65. The molecule has 3 rings (SSSR count). The number of anilines is 1. The van der Waals surface area contributed by atoms with Crippen molar-refractivity contribution in [1.29, 1.82) is 0 Å². The molecule has 0 aliphatic heterocycles. The molecular weight excluding hydrogens is 314 g/mol. The first kappa shape index (κ1) is 17.2. The second kappa shape index (κ2) is 7.07. The molecule has 2 aromatic rings.